The van der Waals surface area contributed by atoms with E-state index in [1.165, 1.54) is 36.7 Å². The summed E-state index contributed by atoms with van der Waals surface area (Å²) >= 11 is 31.1. The van der Waals surface area contributed by atoms with Crippen LogP contribution in [0.4, 0.5) is 11.4 Å². The zero-order valence-corrected chi connectivity index (χ0v) is 20.3. The molecule has 0 bridgehead atoms. The molecule has 1 fully saturated rings. The molecule has 0 radical (unpaired) electrons. The number of alkyl halides is 2. The zero-order valence-electron chi connectivity index (χ0n) is 16.5. The fraction of sp³-hybridized carbons (Fsp3) is 0.136. The summed E-state index contributed by atoms with van der Waals surface area (Å²) < 4.78 is -0.745. The molecule has 170 valence electrons. The minimum Gasteiger partial charge on any atom is -0.619 e. The number of aromatic nitrogens is 1. The topological polar surface area (TPSA) is 85.1 Å². The Hall–Kier alpha value is -2.22. The third-order valence-corrected chi connectivity index (χ3v) is 6.82. The number of benzene rings is 2. The van der Waals surface area contributed by atoms with Crippen LogP contribution in [0.5, 0.6) is 0 Å². The first-order chi connectivity index (χ1) is 15.6. The van der Waals surface area contributed by atoms with Gasteiger partial charge in [-0.2, -0.15) is 4.73 Å². The van der Waals surface area contributed by atoms with Crippen LogP contribution in [-0.2, 0) is 4.79 Å². The molecule has 1 saturated carbocycles. The number of hydrogen-bond donors (Lipinski definition) is 2. The van der Waals surface area contributed by atoms with E-state index in [1.807, 2.05) is 0 Å². The van der Waals surface area contributed by atoms with Crippen LogP contribution < -0.4 is 15.4 Å². The highest BCUT2D eigenvalue weighted by molar-refractivity contribution is 6.53. The number of pyridine rings is 1. The van der Waals surface area contributed by atoms with Crippen molar-refractivity contribution in [3.63, 3.8) is 0 Å². The fourth-order valence-corrected chi connectivity index (χ4v) is 5.09. The molecule has 1 aromatic heterocycles. The number of nitrogens with zero attached hydrogens (tertiary/aromatic N) is 1. The monoisotopic (exact) mass is 543 g/mol. The van der Waals surface area contributed by atoms with E-state index in [0.29, 0.717) is 31.7 Å². The van der Waals surface area contributed by atoms with Crippen LogP contribution in [0.2, 0.25) is 15.1 Å². The molecule has 2 amide bonds. The highest BCUT2D eigenvalue weighted by Crippen LogP contribution is 2.65. The third-order valence-electron chi connectivity index (χ3n) is 5.12. The van der Waals surface area contributed by atoms with E-state index in [-0.39, 0.29) is 10.6 Å². The standard InChI is InChI=1S/C22H14Cl5N3O3/c23-12-7-11(8-13(24)9-12)18-19(22(18,26)27)21(32)29-15-1-2-17(25)16(10-15)20(31)28-14-3-5-30(33)6-4-14/h1-10,18-19H,(H,28,31)(H,29,32)/t18-,19+/m0/s1. The highest BCUT2D eigenvalue weighted by Gasteiger charge is 2.67. The molecule has 4 rings (SSSR count). The lowest BCUT2D eigenvalue weighted by atomic mass is 10.1. The van der Waals surface area contributed by atoms with Gasteiger partial charge in [0.15, 0.2) is 12.4 Å². The molecular weight excluding hydrogens is 532 g/mol. The molecule has 1 aliphatic rings. The molecule has 6 nitrogen and oxygen atoms in total. The predicted octanol–water partition coefficient (Wildman–Crippen LogP) is 6.06. The average molecular weight is 546 g/mol. The van der Waals surface area contributed by atoms with Crippen LogP contribution in [-0.4, -0.2) is 16.1 Å². The zero-order chi connectivity index (χ0) is 23.9. The van der Waals surface area contributed by atoms with Crippen LogP contribution in [0.1, 0.15) is 21.8 Å². The second-order valence-corrected chi connectivity index (χ2v) is 10.1. The Morgan fingerprint density at radius 3 is 2.15 bits per heavy atom. The van der Waals surface area contributed by atoms with Crippen molar-refractivity contribution >= 4 is 81.2 Å². The first-order valence-electron chi connectivity index (χ1n) is 9.50. The molecule has 0 unspecified atom stereocenters. The van der Waals surface area contributed by atoms with Crippen LogP contribution >= 0.6 is 58.0 Å². The van der Waals surface area contributed by atoms with Crippen molar-refractivity contribution in [1.29, 1.82) is 0 Å². The van der Waals surface area contributed by atoms with Gasteiger partial charge in [0, 0.05) is 33.8 Å². The first-order valence-corrected chi connectivity index (χ1v) is 11.4. The fourth-order valence-electron chi connectivity index (χ4n) is 3.51. The van der Waals surface area contributed by atoms with Crippen LogP contribution in [0.15, 0.2) is 60.9 Å². The minimum absolute atomic E-state index is 0.130. The van der Waals surface area contributed by atoms with Crippen LogP contribution in [0.3, 0.4) is 0 Å². The van der Waals surface area contributed by atoms with E-state index >= 15 is 0 Å². The van der Waals surface area contributed by atoms with E-state index in [9.17, 15) is 14.8 Å². The molecule has 1 heterocycles. The number of anilines is 2. The Bertz CT molecular complexity index is 1230. The van der Waals surface area contributed by atoms with Gasteiger partial charge in [0.25, 0.3) is 5.91 Å². The van der Waals surface area contributed by atoms with Gasteiger partial charge in [-0.1, -0.05) is 34.8 Å². The van der Waals surface area contributed by atoms with Crippen molar-refractivity contribution in [2.45, 2.75) is 10.3 Å². The summed E-state index contributed by atoms with van der Waals surface area (Å²) in [5, 5.41) is 17.5. The van der Waals surface area contributed by atoms with E-state index in [0.717, 1.165) is 0 Å². The number of carbonyl (C=O) groups excluding carboxylic acids is 2. The molecule has 0 spiro atoms. The molecule has 3 aromatic rings. The largest absolute Gasteiger partial charge is 0.619 e. The maximum atomic E-state index is 12.9. The molecule has 33 heavy (non-hydrogen) atoms. The molecule has 11 heteroatoms. The Morgan fingerprint density at radius 1 is 0.879 bits per heavy atom. The lowest BCUT2D eigenvalue weighted by Gasteiger charge is -2.10. The summed E-state index contributed by atoms with van der Waals surface area (Å²) in [6.07, 6.45) is 2.50. The molecule has 2 atom stereocenters. The molecule has 0 aliphatic heterocycles. The van der Waals surface area contributed by atoms with E-state index < -0.39 is 28.0 Å². The molecule has 2 N–H and O–H groups in total. The van der Waals surface area contributed by atoms with Crippen molar-refractivity contribution in [3.05, 3.63) is 92.3 Å². The quantitative estimate of drug-likeness (QED) is 0.232. The average Bonchev–Trinajstić information content (AvgIpc) is 3.32. The Kier molecular flexibility index (Phi) is 6.67. The smallest absolute Gasteiger partial charge is 0.257 e. The minimum atomic E-state index is -1.34. The van der Waals surface area contributed by atoms with Gasteiger partial charge < -0.3 is 15.8 Å². The van der Waals surface area contributed by atoms with Gasteiger partial charge in [-0.25, -0.2) is 0 Å². The van der Waals surface area contributed by atoms with Gasteiger partial charge in [-0.15, -0.1) is 23.2 Å². The Morgan fingerprint density at radius 2 is 1.52 bits per heavy atom. The van der Waals surface area contributed by atoms with Gasteiger partial charge in [0.05, 0.1) is 22.2 Å². The highest BCUT2D eigenvalue weighted by atomic mass is 35.5. The molecule has 1 aliphatic carbocycles. The van der Waals surface area contributed by atoms with Crippen molar-refractivity contribution in [3.8, 4) is 0 Å². The second-order valence-electron chi connectivity index (χ2n) is 7.42. The predicted molar refractivity (Wildman–Crippen MR) is 131 cm³/mol. The molecule has 0 saturated heterocycles. The summed E-state index contributed by atoms with van der Waals surface area (Å²) in [4.78, 5) is 25.6. The lowest BCUT2D eigenvalue weighted by molar-refractivity contribution is -0.605. The van der Waals surface area contributed by atoms with Gasteiger partial charge in [-0.05, 0) is 42.0 Å². The summed E-state index contributed by atoms with van der Waals surface area (Å²) in [6.45, 7) is 0. The normalized spacial score (nSPS) is 18.5. The van der Waals surface area contributed by atoms with Crippen LogP contribution in [0, 0.1) is 11.1 Å². The van der Waals surface area contributed by atoms with Gasteiger partial charge in [0.2, 0.25) is 5.91 Å². The lowest BCUT2D eigenvalue weighted by Crippen LogP contribution is -2.24. The van der Waals surface area contributed by atoms with Crippen molar-refractivity contribution < 1.29 is 14.3 Å². The number of hydrogen-bond acceptors (Lipinski definition) is 3. The van der Waals surface area contributed by atoms with E-state index in [1.54, 1.807) is 24.3 Å². The Balaban J connectivity index is 1.50. The second kappa shape index (κ2) is 9.20. The molecular formula is C22H14Cl5N3O3. The summed E-state index contributed by atoms with van der Waals surface area (Å²) in [6, 6.07) is 12.3. The number of carbonyl (C=O) groups is 2. The van der Waals surface area contributed by atoms with E-state index in [4.69, 9.17) is 58.0 Å². The van der Waals surface area contributed by atoms with Gasteiger partial charge in [0.1, 0.15) is 4.33 Å². The Labute approximate surface area is 213 Å². The molecule has 2 aromatic carbocycles. The SMILES string of the molecule is O=C(Nc1cc[n+]([O-])cc1)c1cc(NC(=O)[C@H]2[C@H](c3cc(Cl)cc(Cl)c3)C2(Cl)Cl)ccc1Cl. The maximum absolute atomic E-state index is 12.9. The summed E-state index contributed by atoms with van der Waals surface area (Å²) in [5.74, 6) is -2.21. The maximum Gasteiger partial charge on any atom is 0.257 e. The number of halogens is 5. The van der Waals surface area contributed by atoms with Crippen molar-refractivity contribution in [2.24, 2.45) is 5.92 Å². The first kappa shape index (κ1) is 23.9. The van der Waals surface area contributed by atoms with Crippen molar-refractivity contribution in [1.82, 2.24) is 0 Å². The van der Waals surface area contributed by atoms with Crippen molar-refractivity contribution in [2.75, 3.05) is 10.6 Å². The number of nitrogens with one attached hydrogen (secondary N) is 2. The number of amides is 2. The summed E-state index contributed by atoms with van der Waals surface area (Å²) in [5.41, 5.74) is 1.52. The summed E-state index contributed by atoms with van der Waals surface area (Å²) in [7, 11) is 0. The van der Waals surface area contributed by atoms with Gasteiger partial charge >= 0.3 is 0 Å². The number of rotatable bonds is 5. The van der Waals surface area contributed by atoms with Crippen LogP contribution in [0.25, 0.3) is 0 Å². The van der Waals surface area contributed by atoms with Gasteiger partial charge in [-0.3, -0.25) is 9.59 Å². The third kappa shape index (κ3) is 5.15. The van der Waals surface area contributed by atoms with E-state index in [2.05, 4.69) is 10.6 Å².